The van der Waals surface area contributed by atoms with Gasteiger partial charge >= 0.3 is 0 Å². The summed E-state index contributed by atoms with van der Waals surface area (Å²) in [6.07, 6.45) is 6.48. The molecule has 1 atom stereocenters. The molecular formula is C29H38N8O. The predicted octanol–water partition coefficient (Wildman–Crippen LogP) is 5.31. The Morgan fingerprint density at radius 1 is 1.00 bits per heavy atom. The molecule has 0 N–H and O–H groups in total. The Kier molecular flexibility index (Phi) is 6.34. The van der Waals surface area contributed by atoms with Gasteiger partial charge in [-0.25, -0.2) is 19.6 Å². The summed E-state index contributed by atoms with van der Waals surface area (Å²) in [5, 5.41) is 4.58. The zero-order valence-corrected chi connectivity index (χ0v) is 23.3. The number of ether oxygens (including phenoxy) is 1. The van der Waals surface area contributed by atoms with Gasteiger partial charge in [0.05, 0.1) is 24.0 Å². The minimum Gasteiger partial charge on any atom is -0.491 e. The maximum atomic E-state index is 6.27. The van der Waals surface area contributed by atoms with E-state index in [4.69, 9.17) is 14.7 Å². The van der Waals surface area contributed by atoms with Crippen LogP contribution in [0.5, 0.6) is 5.75 Å². The van der Waals surface area contributed by atoms with E-state index in [1.165, 1.54) is 19.4 Å². The highest BCUT2D eigenvalue weighted by Crippen LogP contribution is 2.38. The Labute approximate surface area is 224 Å². The molecule has 2 aliphatic heterocycles. The van der Waals surface area contributed by atoms with Gasteiger partial charge in [-0.15, -0.1) is 0 Å². The Balaban J connectivity index is 1.37. The number of aromatic nitrogens is 7. The number of imidazole rings is 2. The lowest BCUT2D eigenvalue weighted by Gasteiger charge is -2.37. The van der Waals surface area contributed by atoms with E-state index in [-0.39, 0.29) is 6.04 Å². The molecule has 0 saturated carbocycles. The zero-order valence-electron chi connectivity index (χ0n) is 23.3. The Morgan fingerprint density at radius 3 is 2.63 bits per heavy atom. The SMILES string of the molecule is Cc1nc(-c2cn3c(n2)-c2ccc(-c4cnc(C)n4C4CCCN(C(C)C)C4)cc2OCC3)n(C(C)C)n1. The van der Waals surface area contributed by atoms with Gasteiger partial charge in [-0.05, 0) is 73.1 Å². The van der Waals surface area contributed by atoms with Crippen LogP contribution in [0.2, 0.25) is 0 Å². The highest BCUT2D eigenvalue weighted by atomic mass is 16.5. The molecule has 1 aromatic carbocycles. The van der Waals surface area contributed by atoms with Crippen LogP contribution in [0.3, 0.4) is 0 Å². The first-order valence-corrected chi connectivity index (χ1v) is 13.9. The number of fused-ring (bicyclic) bond motifs is 3. The monoisotopic (exact) mass is 514 g/mol. The van der Waals surface area contributed by atoms with E-state index in [2.05, 4.69) is 83.1 Å². The van der Waals surface area contributed by atoms with Gasteiger partial charge in [0.2, 0.25) is 0 Å². The first-order chi connectivity index (χ1) is 18.3. The molecule has 6 rings (SSSR count). The van der Waals surface area contributed by atoms with Crippen molar-refractivity contribution in [2.45, 2.75) is 79.1 Å². The summed E-state index contributed by atoms with van der Waals surface area (Å²) in [6.45, 7) is 16.4. The van der Waals surface area contributed by atoms with Crippen molar-refractivity contribution in [3.8, 4) is 39.9 Å². The first-order valence-electron chi connectivity index (χ1n) is 13.9. The second-order valence-electron chi connectivity index (χ2n) is 11.2. The van der Waals surface area contributed by atoms with Crippen molar-refractivity contribution in [3.63, 3.8) is 0 Å². The van der Waals surface area contributed by atoms with Crippen molar-refractivity contribution in [1.82, 2.24) is 38.8 Å². The molecule has 2 aliphatic rings. The molecule has 1 saturated heterocycles. The smallest absolute Gasteiger partial charge is 0.178 e. The van der Waals surface area contributed by atoms with E-state index in [1.807, 2.05) is 17.8 Å². The molecule has 5 heterocycles. The van der Waals surface area contributed by atoms with Crippen LogP contribution in [0.4, 0.5) is 0 Å². The quantitative estimate of drug-likeness (QED) is 0.359. The van der Waals surface area contributed by atoms with Gasteiger partial charge in [0, 0.05) is 36.4 Å². The number of benzene rings is 1. The molecule has 3 aromatic heterocycles. The van der Waals surface area contributed by atoms with Crippen LogP contribution in [0.25, 0.3) is 34.2 Å². The largest absolute Gasteiger partial charge is 0.491 e. The lowest BCUT2D eigenvalue weighted by molar-refractivity contribution is 0.142. The summed E-state index contributed by atoms with van der Waals surface area (Å²) in [5.74, 6) is 4.39. The van der Waals surface area contributed by atoms with Crippen molar-refractivity contribution in [2.24, 2.45) is 0 Å². The van der Waals surface area contributed by atoms with E-state index < -0.39 is 0 Å². The first kappa shape index (κ1) is 24.9. The Morgan fingerprint density at radius 2 is 1.84 bits per heavy atom. The molecule has 1 unspecified atom stereocenters. The zero-order chi connectivity index (χ0) is 26.6. The van der Waals surface area contributed by atoms with E-state index in [9.17, 15) is 0 Å². The lowest BCUT2D eigenvalue weighted by atomic mass is 10.0. The highest BCUT2D eigenvalue weighted by molar-refractivity contribution is 5.74. The van der Waals surface area contributed by atoms with Gasteiger partial charge in [0.15, 0.2) is 5.82 Å². The fourth-order valence-corrected chi connectivity index (χ4v) is 5.90. The minimum atomic E-state index is 0.205. The summed E-state index contributed by atoms with van der Waals surface area (Å²) in [4.78, 5) is 17.0. The highest BCUT2D eigenvalue weighted by Gasteiger charge is 2.27. The van der Waals surface area contributed by atoms with Crippen LogP contribution in [0.15, 0.2) is 30.6 Å². The number of aryl methyl sites for hydroxylation is 2. The molecule has 1 fully saturated rings. The van der Waals surface area contributed by atoms with Crippen molar-refractivity contribution < 1.29 is 4.74 Å². The fraction of sp³-hybridized carbons (Fsp3) is 0.517. The molecule has 0 radical (unpaired) electrons. The third-order valence-corrected chi connectivity index (χ3v) is 7.85. The molecule has 38 heavy (non-hydrogen) atoms. The van der Waals surface area contributed by atoms with Gasteiger partial charge in [0.25, 0.3) is 0 Å². The third-order valence-electron chi connectivity index (χ3n) is 7.85. The topological polar surface area (TPSA) is 78.8 Å². The van der Waals surface area contributed by atoms with Crippen LogP contribution in [-0.2, 0) is 6.54 Å². The second kappa shape index (κ2) is 9.69. The van der Waals surface area contributed by atoms with Crippen LogP contribution in [0, 0.1) is 13.8 Å². The fourth-order valence-electron chi connectivity index (χ4n) is 5.90. The van der Waals surface area contributed by atoms with E-state index in [1.54, 1.807) is 0 Å². The molecule has 0 bridgehead atoms. The average Bonchev–Trinajstić information content (AvgIpc) is 3.58. The van der Waals surface area contributed by atoms with Gasteiger partial charge in [-0.2, -0.15) is 5.10 Å². The van der Waals surface area contributed by atoms with Crippen LogP contribution in [0.1, 0.15) is 64.3 Å². The number of hydrogen-bond acceptors (Lipinski definition) is 6. The molecule has 200 valence electrons. The molecule has 0 aliphatic carbocycles. The summed E-state index contributed by atoms with van der Waals surface area (Å²) >= 11 is 0. The van der Waals surface area contributed by atoms with Crippen molar-refractivity contribution >= 4 is 0 Å². The summed E-state index contributed by atoms with van der Waals surface area (Å²) in [7, 11) is 0. The van der Waals surface area contributed by atoms with E-state index >= 15 is 0 Å². The summed E-state index contributed by atoms with van der Waals surface area (Å²) < 4.78 is 12.8. The molecule has 4 aromatic rings. The maximum absolute atomic E-state index is 6.27. The maximum Gasteiger partial charge on any atom is 0.178 e. The number of piperidine rings is 1. The predicted molar refractivity (Wildman–Crippen MR) is 148 cm³/mol. The third kappa shape index (κ3) is 4.32. The van der Waals surface area contributed by atoms with Crippen molar-refractivity contribution in [3.05, 3.63) is 42.2 Å². The van der Waals surface area contributed by atoms with Gasteiger partial charge in [-0.1, -0.05) is 6.07 Å². The standard InChI is InChI=1S/C29H38N8O/c1-18(2)34-11-7-8-23(16-34)36-21(6)30-15-26(36)22-9-10-24-27(14-22)38-13-12-35-17-25(32-28(24)35)29-31-20(5)33-37(29)19(3)4/h9-10,14-15,17-19,23H,7-8,11-13,16H2,1-6H3. The number of nitrogens with zero attached hydrogens (tertiary/aromatic N) is 8. The lowest BCUT2D eigenvalue weighted by Crippen LogP contribution is -2.41. The van der Waals surface area contributed by atoms with Crippen LogP contribution >= 0.6 is 0 Å². The Bertz CT molecular complexity index is 1460. The van der Waals surface area contributed by atoms with Crippen LogP contribution in [-0.4, -0.2) is 64.5 Å². The summed E-state index contributed by atoms with van der Waals surface area (Å²) in [6, 6.07) is 7.67. The normalized spacial score (nSPS) is 17.9. The van der Waals surface area contributed by atoms with Gasteiger partial charge in [0.1, 0.15) is 35.5 Å². The van der Waals surface area contributed by atoms with Crippen molar-refractivity contribution in [2.75, 3.05) is 19.7 Å². The summed E-state index contributed by atoms with van der Waals surface area (Å²) in [5.41, 5.74) is 4.11. The second-order valence-corrected chi connectivity index (χ2v) is 11.2. The van der Waals surface area contributed by atoms with Crippen molar-refractivity contribution in [1.29, 1.82) is 0 Å². The number of rotatable bonds is 5. The number of hydrogen-bond donors (Lipinski definition) is 0. The Hall–Kier alpha value is -3.46. The molecule has 9 nitrogen and oxygen atoms in total. The molecule has 0 amide bonds. The molecule has 9 heteroatoms. The van der Waals surface area contributed by atoms with Gasteiger partial charge in [-0.3, -0.25) is 4.90 Å². The van der Waals surface area contributed by atoms with E-state index in [0.29, 0.717) is 18.7 Å². The van der Waals surface area contributed by atoms with E-state index in [0.717, 1.165) is 64.7 Å². The molecule has 0 spiro atoms. The minimum absolute atomic E-state index is 0.205. The number of likely N-dealkylation sites (tertiary alicyclic amines) is 1. The van der Waals surface area contributed by atoms with Gasteiger partial charge < -0.3 is 13.9 Å². The van der Waals surface area contributed by atoms with Crippen LogP contribution < -0.4 is 4.74 Å². The average molecular weight is 515 g/mol. The molecular weight excluding hydrogens is 476 g/mol.